The molecule has 3 rings (SSSR count). The monoisotopic (exact) mass is 391 g/mol. The molecule has 0 radical (unpaired) electrons. The minimum atomic E-state index is -0.365. The second-order valence-electron chi connectivity index (χ2n) is 6.24. The first-order valence-corrected chi connectivity index (χ1v) is 9.23. The molecule has 0 fully saturated rings. The number of hydrogen-bond donors (Lipinski definition) is 2. The number of aromatic hydroxyl groups is 1. The number of nitrogens with zero attached hydrogens (tertiary/aromatic N) is 2. The highest BCUT2D eigenvalue weighted by molar-refractivity contribution is 7.20. The molecule has 2 heterocycles. The number of fused-ring (bicyclic) bond motifs is 1. The molecule has 26 heavy (non-hydrogen) atoms. The Morgan fingerprint density at radius 3 is 2.88 bits per heavy atom. The molecule has 0 spiro atoms. The summed E-state index contributed by atoms with van der Waals surface area (Å²) in [4.78, 5) is 22.0. The largest absolute Gasteiger partial charge is 0.506 e. The van der Waals surface area contributed by atoms with Gasteiger partial charge in [0.15, 0.2) is 0 Å². The number of carbonyl (C=O) groups is 1. The SMILES string of the molecule is Cc1c(C(=O)OCC(C)C)sc2ncnc(Nc3cc(Cl)ccc3O)c12. The zero-order chi connectivity index (χ0) is 18.8. The van der Waals surface area contributed by atoms with Crippen LogP contribution in [0.25, 0.3) is 10.2 Å². The number of rotatable bonds is 5. The Bertz CT molecular complexity index is 972. The maximum atomic E-state index is 12.4. The third-order valence-electron chi connectivity index (χ3n) is 3.67. The lowest BCUT2D eigenvalue weighted by molar-refractivity contribution is 0.0464. The Balaban J connectivity index is 2.00. The van der Waals surface area contributed by atoms with Crippen molar-refractivity contribution in [1.82, 2.24) is 9.97 Å². The second-order valence-corrected chi connectivity index (χ2v) is 7.67. The molecule has 0 aliphatic heterocycles. The van der Waals surface area contributed by atoms with E-state index in [9.17, 15) is 9.90 Å². The van der Waals surface area contributed by atoms with Crippen molar-refractivity contribution >= 4 is 50.6 Å². The van der Waals surface area contributed by atoms with E-state index in [1.807, 2.05) is 20.8 Å². The predicted molar refractivity (Wildman–Crippen MR) is 104 cm³/mol. The molecule has 1 aromatic carbocycles. The molecule has 0 bridgehead atoms. The van der Waals surface area contributed by atoms with Crippen molar-refractivity contribution in [2.24, 2.45) is 5.92 Å². The molecule has 0 amide bonds. The standard InChI is InChI=1S/C18H18ClN3O3S/c1-9(2)7-25-18(24)15-10(3)14-16(20-8-21-17(14)26-15)22-12-6-11(19)4-5-13(12)23/h4-6,8-9,23H,7H2,1-3H3,(H,20,21,22). The molecule has 0 unspecified atom stereocenters. The molecule has 3 aromatic rings. The highest BCUT2D eigenvalue weighted by Crippen LogP contribution is 2.36. The molecule has 136 valence electrons. The van der Waals surface area contributed by atoms with E-state index in [-0.39, 0.29) is 17.6 Å². The lowest BCUT2D eigenvalue weighted by Gasteiger charge is -2.09. The normalized spacial score (nSPS) is 11.1. The van der Waals surface area contributed by atoms with Gasteiger partial charge in [0.25, 0.3) is 0 Å². The number of phenolic OH excluding ortho intramolecular Hbond substituents is 1. The molecular formula is C18H18ClN3O3S. The van der Waals surface area contributed by atoms with Gasteiger partial charge >= 0.3 is 5.97 Å². The number of ether oxygens (including phenoxy) is 1. The number of carbonyl (C=O) groups excluding carboxylic acids is 1. The number of benzene rings is 1. The molecule has 2 aromatic heterocycles. The van der Waals surface area contributed by atoms with Crippen LogP contribution in [0.4, 0.5) is 11.5 Å². The highest BCUT2D eigenvalue weighted by Gasteiger charge is 2.21. The van der Waals surface area contributed by atoms with Crippen molar-refractivity contribution < 1.29 is 14.6 Å². The summed E-state index contributed by atoms with van der Waals surface area (Å²) in [7, 11) is 0. The molecule has 0 aliphatic rings. The number of hydrogen-bond acceptors (Lipinski definition) is 7. The van der Waals surface area contributed by atoms with Gasteiger partial charge in [-0.25, -0.2) is 14.8 Å². The summed E-state index contributed by atoms with van der Waals surface area (Å²) in [6.07, 6.45) is 1.41. The fraction of sp³-hybridized carbons (Fsp3) is 0.278. The van der Waals surface area contributed by atoms with E-state index in [0.29, 0.717) is 38.2 Å². The topological polar surface area (TPSA) is 84.3 Å². The van der Waals surface area contributed by atoms with Crippen molar-refractivity contribution in [2.45, 2.75) is 20.8 Å². The summed E-state index contributed by atoms with van der Waals surface area (Å²) in [5, 5.41) is 14.3. The third kappa shape index (κ3) is 3.73. The van der Waals surface area contributed by atoms with Crippen LogP contribution in [-0.2, 0) is 4.74 Å². The van der Waals surface area contributed by atoms with Crippen LogP contribution in [0.3, 0.4) is 0 Å². The van der Waals surface area contributed by atoms with Crippen LogP contribution >= 0.6 is 22.9 Å². The van der Waals surface area contributed by atoms with E-state index in [4.69, 9.17) is 16.3 Å². The minimum absolute atomic E-state index is 0.0469. The van der Waals surface area contributed by atoms with Gasteiger partial charge in [-0.05, 0) is 36.6 Å². The van der Waals surface area contributed by atoms with Gasteiger partial charge in [0, 0.05) is 5.02 Å². The van der Waals surface area contributed by atoms with Crippen LogP contribution in [0.1, 0.15) is 29.1 Å². The van der Waals surface area contributed by atoms with Gasteiger partial charge in [-0.3, -0.25) is 0 Å². The number of thiophene rings is 1. The molecule has 0 aliphatic carbocycles. The Hall–Kier alpha value is -2.38. The van der Waals surface area contributed by atoms with Crippen LogP contribution in [0.5, 0.6) is 5.75 Å². The highest BCUT2D eigenvalue weighted by atomic mass is 35.5. The van der Waals surface area contributed by atoms with Crippen molar-refractivity contribution in [1.29, 1.82) is 0 Å². The van der Waals surface area contributed by atoms with Gasteiger partial charge in [-0.2, -0.15) is 0 Å². The Labute approximate surface area is 159 Å². The third-order valence-corrected chi connectivity index (χ3v) is 5.09. The fourth-order valence-corrected chi connectivity index (χ4v) is 3.62. The summed E-state index contributed by atoms with van der Waals surface area (Å²) < 4.78 is 5.34. The number of phenols is 1. The van der Waals surface area contributed by atoms with Crippen LogP contribution < -0.4 is 5.32 Å². The van der Waals surface area contributed by atoms with Crippen LogP contribution in [-0.4, -0.2) is 27.7 Å². The lowest BCUT2D eigenvalue weighted by Crippen LogP contribution is -2.09. The first-order valence-electron chi connectivity index (χ1n) is 8.03. The van der Waals surface area contributed by atoms with E-state index in [2.05, 4.69) is 15.3 Å². The number of nitrogens with one attached hydrogen (secondary N) is 1. The number of aryl methyl sites for hydroxylation is 1. The maximum absolute atomic E-state index is 12.4. The van der Waals surface area contributed by atoms with Crippen molar-refractivity contribution in [3.05, 3.63) is 40.0 Å². The number of esters is 1. The van der Waals surface area contributed by atoms with Gasteiger partial charge in [-0.15, -0.1) is 11.3 Å². The summed E-state index contributed by atoms with van der Waals surface area (Å²) in [5.74, 6) is 0.432. The first-order chi connectivity index (χ1) is 12.4. The number of anilines is 2. The Morgan fingerprint density at radius 2 is 2.15 bits per heavy atom. The van der Waals surface area contributed by atoms with E-state index in [1.165, 1.54) is 23.7 Å². The summed E-state index contributed by atoms with van der Waals surface area (Å²) in [6.45, 7) is 6.16. The Morgan fingerprint density at radius 1 is 1.38 bits per heavy atom. The quantitative estimate of drug-likeness (QED) is 0.474. The van der Waals surface area contributed by atoms with E-state index >= 15 is 0 Å². The van der Waals surface area contributed by atoms with Gasteiger partial charge in [0.1, 0.15) is 27.6 Å². The molecule has 6 nitrogen and oxygen atoms in total. The van der Waals surface area contributed by atoms with Gasteiger partial charge < -0.3 is 15.2 Å². The van der Waals surface area contributed by atoms with Crippen molar-refractivity contribution in [3.63, 3.8) is 0 Å². The average molecular weight is 392 g/mol. The molecule has 0 atom stereocenters. The van der Waals surface area contributed by atoms with Crippen molar-refractivity contribution in [3.8, 4) is 5.75 Å². The first kappa shape index (κ1) is 18.4. The molecular weight excluding hydrogens is 374 g/mol. The second kappa shape index (κ2) is 7.47. The van der Waals surface area contributed by atoms with Gasteiger partial charge in [0.2, 0.25) is 0 Å². The molecule has 2 N–H and O–H groups in total. The van der Waals surface area contributed by atoms with Gasteiger partial charge in [-0.1, -0.05) is 25.4 Å². The molecule has 0 saturated carbocycles. The molecule has 8 heteroatoms. The van der Waals surface area contributed by atoms with Crippen LogP contribution in [0.2, 0.25) is 5.02 Å². The van der Waals surface area contributed by atoms with Crippen molar-refractivity contribution in [2.75, 3.05) is 11.9 Å². The lowest BCUT2D eigenvalue weighted by atomic mass is 10.2. The minimum Gasteiger partial charge on any atom is -0.506 e. The van der Waals surface area contributed by atoms with E-state index < -0.39 is 0 Å². The fourth-order valence-electron chi connectivity index (χ4n) is 2.40. The Kier molecular flexibility index (Phi) is 5.29. The van der Waals surface area contributed by atoms with Crippen LogP contribution in [0.15, 0.2) is 24.5 Å². The van der Waals surface area contributed by atoms with E-state index in [0.717, 1.165) is 5.56 Å². The van der Waals surface area contributed by atoms with Crippen LogP contribution in [0, 0.1) is 12.8 Å². The smallest absolute Gasteiger partial charge is 0.348 e. The summed E-state index contributed by atoms with van der Waals surface area (Å²) in [6, 6.07) is 4.69. The molecule has 0 saturated heterocycles. The zero-order valence-corrected chi connectivity index (χ0v) is 16.1. The number of halogens is 1. The number of aromatic nitrogens is 2. The van der Waals surface area contributed by atoms with E-state index in [1.54, 1.807) is 12.1 Å². The zero-order valence-electron chi connectivity index (χ0n) is 14.5. The average Bonchev–Trinajstić information content (AvgIpc) is 2.94. The van der Waals surface area contributed by atoms with Gasteiger partial charge in [0.05, 0.1) is 17.7 Å². The maximum Gasteiger partial charge on any atom is 0.348 e. The predicted octanol–water partition coefficient (Wildman–Crippen LogP) is 4.92. The summed E-state index contributed by atoms with van der Waals surface area (Å²) in [5.41, 5.74) is 1.16. The summed E-state index contributed by atoms with van der Waals surface area (Å²) >= 11 is 7.26.